The molecule has 1 heterocycles. The number of ether oxygens (including phenoxy) is 1. The van der Waals surface area contributed by atoms with Gasteiger partial charge in [-0.15, -0.1) is 0 Å². The summed E-state index contributed by atoms with van der Waals surface area (Å²) < 4.78 is 5.95. The average molecular weight is 1320 g/mol. The molecule has 0 saturated carbocycles. The van der Waals surface area contributed by atoms with Crippen LogP contribution in [-0.2, 0) is 62.3 Å². The van der Waals surface area contributed by atoms with E-state index in [2.05, 4.69) is 37.2 Å². The Bertz CT molecular complexity index is 2470. The predicted molar refractivity (Wildman–Crippen MR) is 346 cm³/mol. The molecule has 25 heteroatoms. The SMILES string of the molecule is CC[C@@H]1NC(=O)[C@H](C(OC(C)=O)[C@H](C)C/C=C/CBr)N(C)C(=O)[C@H](C(C)C)N(C)C(=O)[C@H](CC(C)C)N(C)C(=O)[C@H](CC(C)C)N(C)C(=O)[C@@H](C)NC(=O)[C@H](C)NC(=O)[C@H](CC(C)C)N(C)C(=O)[C@H](C(C)C)NC(=O)[C@H](CC(C)C)N(C)C(=O)CN(C)C1=O. The second-order valence-electron chi connectivity index (χ2n) is 26.7. The molecule has 1 aliphatic heterocycles. The van der Waals surface area contributed by atoms with E-state index >= 15 is 19.2 Å². The highest BCUT2D eigenvalue weighted by atomic mass is 79.9. The molecule has 0 radical (unpaired) electrons. The number of esters is 1. The van der Waals surface area contributed by atoms with Crippen LogP contribution in [0.3, 0.4) is 0 Å². The first-order chi connectivity index (χ1) is 41.1. The van der Waals surface area contributed by atoms with Crippen LogP contribution in [0.25, 0.3) is 0 Å². The van der Waals surface area contributed by atoms with E-state index in [1.165, 1.54) is 94.6 Å². The smallest absolute Gasteiger partial charge is 0.303 e. The van der Waals surface area contributed by atoms with Crippen molar-refractivity contribution >= 4 is 86.9 Å². The third-order valence-electron chi connectivity index (χ3n) is 16.4. The van der Waals surface area contributed by atoms with Gasteiger partial charge in [0.2, 0.25) is 65.0 Å². The summed E-state index contributed by atoms with van der Waals surface area (Å²) in [6.07, 6.45) is 3.15. The minimum Gasteiger partial charge on any atom is -0.459 e. The van der Waals surface area contributed by atoms with Crippen LogP contribution in [0, 0.1) is 41.4 Å². The highest BCUT2D eigenvalue weighted by Gasteiger charge is 2.47. The molecule has 1 aliphatic rings. The maximum atomic E-state index is 15.4. The number of alkyl halides is 1. The summed E-state index contributed by atoms with van der Waals surface area (Å²) in [6, 6.07) is -12.5. The third kappa shape index (κ3) is 23.6. The maximum Gasteiger partial charge on any atom is 0.303 e. The van der Waals surface area contributed by atoms with Crippen LogP contribution < -0.4 is 21.3 Å². The van der Waals surface area contributed by atoms with Crippen molar-refractivity contribution in [2.24, 2.45) is 41.4 Å². The average Bonchev–Trinajstić information content (AvgIpc) is 0.955. The zero-order chi connectivity index (χ0) is 69.0. The van der Waals surface area contributed by atoms with Gasteiger partial charge in [0.05, 0.1) is 6.54 Å². The highest BCUT2D eigenvalue weighted by molar-refractivity contribution is 9.09. The fourth-order valence-electron chi connectivity index (χ4n) is 11.1. The van der Waals surface area contributed by atoms with E-state index in [-0.39, 0.29) is 62.2 Å². The van der Waals surface area contributed by atoms with Crippen LogP contribution >= 0.6 is 15.9 Å². The van der Waals surface area contributed by atoms with E-state index in [9.17, 15) is 38.4 Å². The number of allylic oxidation sites excluding steroid dienone is 2. The molecular formula is C64H112BrN11O13. The Morgan fingerprint density at radius 1 is 0.494 bits per heavy atom. The van der Waals surface area contributed by atoms with Crippen LogP contribution in [0.15, 0.2) is 12.2 Å². The first-order valence-corrected chi connectivity index (χ1v) is 32.7. The Hall–Kier alpha value is -6.14. The van der Waals surface area contributed by atoms with E-state index in [0.717, 1.165) is 9.80 Å². The highest BCUT2D eigenvalue weighted by Crippen LogP contribution is 2.27. The van der Waals surface area contributed by atoms with Crippen molar-refractivity contribution < 1.29 is 62.3 Å². The van der Waals surface area contributed by atoms with Gasteiger partial charge in [0.1, 0.15) is 66.5 Å². The molecule has 1 rings (SSSR count). The number of amides is 11. The summed E-state index contributed by atoms with van der Waals surface area (Å²) in [5.41, 5.74) is 0. The van der Waals surface area contributed by atoms with Crippen molar-refractivity contribution in [3.8, 4) is 0 Å². The van der Waals surface area contributed by atoms with E-state index in [1.807, 2.05) is 67.5 Å². The molecule has 0 aromatic rings. The normalized spacial score (nSPS) is 26.1. The summed E-state index contributed by atoms with van der Waals surface area (Å²) in [5.74, 6) is -10.7. The van der Waals surface area contributed by atoms with Gasteiger partial charge < -0.3 is 60.3 Å². The molecule has 0 aromatic heterocycles. The molecule has 24 nitrogen and oxygen atoms in total. The van der Waals surface area contributed by atoms with Gasteiger partial charge in [-0.3, -0.25) is 57.5 Å². The molecule has 89 heavy (non-hydrogen) atoms. The van der Waals surface area contributed by atoms with Crippen LogP contribution in [0.2, 0.25) is 0 Å². The monoisotopic (exact) mass is 1320 g/mol. The fourth-order valence-corrected chi connectivity index (χ4v) is 11.3. The maximum absolute atomic E-state index is 15.4. The number of likely N-dealkylation sites (N-methyl/N-ethyl adjacent to an activating group) is 7. The van der Waals surface area contributed by atoms with Gasteiger partial charge in [-0.25, -0.2) is 0 Å². The molecule has 0 bridgehead atoms. The molecule has 11 amide bonds. The molecule has 0 spiro atoms. The van der Waals surface area contributed by atoms with Crippen LogP contribution in [0.4, 0.5) is 0 Å². The van der Waals surface area contributed by atoms with Gasteiger partial charge in [0, 0.05) is 61.6 Å². The van der Waals surface area contributed by atoms with Crippen LogP contribution in [-0.4, -0.2) is 233 Å². The largest absolute Gasteiger partial charge is 0.459 e. The molecule has 1 saturated heterocycles. The van der Waals surface area contributed by atoms with Crippen molar-refractivity contribution in [2.75, 3.05) is 61.2 Å². The number of rotatable bonds is 17. The zero-order valence-electron chi connectivity index (χ0n) is 58.0. The van der Waals surface area contributed by atoms with Crippen LogP contribution in [0.1, 0.15) is 156 Å². The molecule has 508 valence electrons. The Balaban J connectivity index is 4.45. The number of hydrogen-bond donors (Lipinski definition) is 4. The van der Waals surface area contributed by atoms with Crippen molar-refractivity contribution in [3.05, 3.63) is 12.2 Å². The summed E-state index contributed by atoms with van der Waals surface area (Å²) in [4.78, 5) is 183. The molecule has 0 aromatic carbocycles. The van der Waals surface area contributed by atoms with E-state index in [1.54, 1.807) is 41.5 Å². The first-order valence-electron chi connectivity index (χ1n) is 31.5. The van der Waals surface area contributed by atoms with Crippen molar-refractivity contribution in [3.63, 3.8) is 0 Å². The zero-order valence-corrected chi connectivity index (χ0v) is 59.6. The number of nitrogens with zero attached hydrogens (tertiary/aromatic N) is 7. The Morgan fingerprint density at radius 3 is 1.37 bits per heavy atom. The molecular weight excluding hydrogens is 1210 g/mol. The molecule has 1 unspecified atom stereocenters. The van der Waals surface area contributed by atoms with Crippen molar-refractivity contribution in [1.29, 1.82) is 0 Å². The summed E-state index contributed by atoms with van der Waals surface area (Å²) in [7, 11) is 9.88. The van der Waals surface area contributed by atoms with E-state index in [4.69, 9.17) is 4.74 Å². The molecule has 1 fully saturated rings. The topological polar surface area (TPSA) is 285 Å². The molecule has 0 aliphatic carbocycles. The number of carbonyl (C=O) groups excluding carboxylic acids is 12. The number of hydrogen-bond acceptors (Lipinski definition) is 13. The quantitative estimate of drug-likeness (QED) is 0.0903. The minimum absolute atomic E-state index is 0.00734. The molecule has 4 N–H and O–H groups in total. The fraction of sp³-hybridized carbons (Fsp3) is 0.781. The van der Waals surface area contributed by atoms with E-state index in [0.29, 0.717) is 5.33 Å². The summed E-state index contributed by atoms with van der Waals surface area (Å²) in [6.45, 7) is 28.6. The Morgan fingerprint density at radius 2 is 0.921 bits per heavy atom. The number of halogens is 1. The Labute approximate surface area is 539 Å². The van der Waals surface area contributed by atoms with Gasteiger partial charge in [-0.1, -0.05) is 125 Å². The number of carbonyl (C=O) groups is 12. The summed E-state index contributed by atoms with van der Waals surface area (Å²) >= 11 is 3.38. The lowest BCUT2D eigenvalue weighted by Gasteiger charge is -2.42. The van der Waals surface area contributed by atoms with E-state index < -0.39 is 162 Å². The van der Waals surface area contributed by atoms with Gasteiger partial charge >= 0.3 is 5.97 Å². The van der Waals surface area contributed by atoms with Crippen LogP contribution in [0.5, 0.6) is 0 Å². The second kappa shape index (κ2) is 37.3. The second-order valence-corrected chi connectivity index (χ2v) is 27.4. The lowest BCUT2D eigenvalue weighted by atomic mass is 9.91. The van der Waals surface area contributed by atoms with Gasteiger partial charge in [-0.2, -0.15) is 0 Å². The first kappa shape index (κ1) is 80.9. The van der Waals surface area contributed by atoms with Crippen molar-refractivity contribution in [2.45, 2.75) is 223 Å². The van der Waals surface area contributed by atoms with Crippen molar-refractivity contribution in [1.82, 2.24) is 55.6 Å². The minimum atomic E-state index is -1.62. The van der Waals surface area contributed by atoms with Gasteiger partial charge in [0.15, 0.2) is 0 Å². The van der Waals surface area contributed by atoms with Gasteiger partial charge in [-0.05, 0) is 93.8 Å². The lowest BCUT2D eigenvalue weighted by Crippen LogP contribution is -2.64. The Kier molecular flexibility index (Phi) is 33.9. The van der Waals surface area contributed by atoms with Gasteiger partial charge in [0.25, 0.3) is 0 Å². The third-order valence-corrected chi connectivity index (χ3v) is 16.7. The summed E-state index contributed by atoms with van der Waals surface area (Å²) in [5, 5.41) is 11.5. The number of nitrogens with one attached hydrogen (secondary N) is 4. The lowest BCUT2D eigenvalue weighted by molar-refractivity contribution is -0.164. The standard InChI is InChI=1S/C64H112BrN11O13/c1-25-45-60(84)70(18)34-50(78)71(19)46(30-35(2)3)57(81)69-51(39(10)11)63(87)72(20)47(31-36(4)5)56(80)66-42(15)55(79)67-43(16)59(83)73(21)48(32-37(6)7)61(85)74(22)49(33-38(8)9)62(86)75(23)52(40(12)13)64(88)76(24)53(58(82)68-45)54(89-44(17)77)41(14)28-26-27-29-65/h26-27,35-43,45-49,51-54H,25,28-34H2,1-24H3,(H,66,80)(H,67,79)(H,68,82)(H,69,81)/b27-26+/t41-,42+,43-,45+,46+,47+,48+,49+,51+,52+,53+,54?/m1/s1. The molecule has 12 atom stereocenters. The predicted octanol–water partition coefficient (Wildman–Crippen LogP) is 4.21.